The Balaban J connectivity index is 2.36. The van der Waals surface area contributed by atoms with Crippen LogP contribution in [-0.2, 0) is 23.8 Å². The summed E-state index contributed by atoms with van der Waals surface area (Å²) in [5.74, 6) is -0.573. The maximum absolute atomic E-state index is 12.4. The van der Waals surface area contributed by atoms with Crippen LogP contribution < -0.4 is 5.32 Å². The number of nitrogens with zero attached hydrogens (tertiary/aromatic N) is 1. The van der Waals surface area contributed by atoms with Gasteiger partial charge in [-0.15, -0.1) is 0 Å². The van der Waals surface area contributed by atoms with Crippen LogP contribution in [0.4, 0.5) is 4.79 Å². The Kier molecular flexibility index (Phi) is 7.47. The summed E-state index contributed by atoms with van der Waals surface area (Å²) in [4.78, 5) is 36.8. The van der Waals surface area contributed by atoms with Crippen LogP contribution in [-0.4, -0.2) is 67.4 Å². The summed E-state index contributed by atoms with van der Waals surface area (Å²) in [5.41, 5.74) is -0.609. The van der Waals surface area contributed by atoms with Crippen LogP contribution >= 0.6 is 0 Å². The van der Waals surface area contributed by atoms with Crippen molar-refractivity contribution in [2.24, 2.45) is 0 Å². The summed E-state index contributed by atoms with van der Waals surface area (Å²) in [5, 5.41) is 2.55. The molecule has 0 saturated carbocycles. The van der Waals surface area contributed by atoms with Crippen molar-refractivity contribution in [1.29, 1.82) is 0 Å². The standard InChI is InChI=1S/C16H28N2O6/c1-11(17-15(21)24-16(2,3)4)14(20)18-8-6-12(7-9-18)23-10-13(19)22-5/h11-12H,6-10H2,1-5H3,(H,17,21)/t11-/m0/s1. The first-order valence-corrected chi connectivity index (χ1v) is 8.09. The molecule has 1 aliphatic rings. The van der Waals surface area contributed by atoms with Crippen molar-refractivity contribution >= 4 is 18.0 Å². The van der Waals surface area contributed by atoms with Gasteiger partial charge in [0, 0.05) is 13.1 Å². The van der Waals surface area contributed by atoms with Crippen molar-refractivity contribution < 1.29 is 28.6 Å². The van der Waals surface area contributed by atoms with Gasteiger partial charge in [-0.2, -0.15) is 0 Å². The van der Waals surface area contributed by atoms with Crippen LogP contribution in [0.25, 0.3) is 0 Å². The van der Waals surface area contributed by atoms with Crippen LogP contribution in [0.5, 0.6) is 0 Å². The molecule has 1 aliphatic heterocycles. The molecule has 8 nitrogen and oxygen atoms in total. The van der Waals surface area contributed by atoms with Gasteiger partial charge in [-0.05, 0) is 40.5 Å². The molecule has 0 spiro atoms. The van der Waals surface area contributed by atoms with Gasteiger partial charge in [0.2, 0.25) is 5.91 Å². The maximum Gasteiger partial charge on any atom is 0.408 e. The SMILES string of the molecule is COC(=O)COC1CCN(C(=O)[C@H](C)NC(=O)OC(C)(C)C)CC1. The molecule has 0 aromatic heterocycles. The number of carbonyl (C=O) groups is 3. The first kappa shape index (κ1) is 20.2. The molecule has 1 saturated heterocycles. The smallest absolute Gasteiger partial charge is 0.408 e. The van der Waals surface area contributed by atoms with E-state index < -0.39 is 23.7 Å². The number of carbonyl (C=O) groups excluding carboxylic acids is 3. The number of rotatable bonds is 5. The molecular formula is C16H28N2O6. The van der Waals surface area contributed by atoms with E-state index in [0.717, 1.165) is 0 Å². The highest BCUT2D eigenvalue weighted by molar-refractivity contribution is 5.85. The molecule has 1 atom stereocenters. The number of ether oxygens (including phenoxy) is 3. The number of amides is 2. The van der Waals surface area contributed by atoms with E-state index in [1.807, 2.05) is 0 Å². The average molecular weight is 344 g/mol. The van der Waals surface area contributed by atoms with Crippen LogP contribution in [0, 0.1) is 0 Å². The molecule has 1 fully saturated rings. The summed E-state index contributed by atoms with van der Waals surface area (Å²) in [6.07, 6.45) is 0.603. The van der Waals surface area contributed by atoms with Gasteiger partial charge < -0.3 is 24.4 Å². The first-order valence-electron chi connectivity index (χ1n) is 8.09. The van der Waals surface area contributed by atoms with Gasteiger partial charge in [0.15, 0.2) is 0 Å². The number of esters is 1. The lowest BCUT2D eigenvalue weighted by atomic mass is 10.1. The summed E-state index contributed by atoms with van der Waals surface area (Å²) in [6.45, 7) is 7.88. The highest BCUT2D eigenvalue weighted by atomic mass is 16.6. The molecule has 0 bridgehead atoms. The Morgan fingerprint density at radius 1 is 1.21 bits per heavy atom. The van der Waals surface area contributed by atoms with E-state index in [-0.39, 0.29) is 18.6 Å². The van der Waals surface area contributed by atoms with E-state index in [1.165, 1.54) is 7.11 Å². The fraction of sp³-hybridized carbons (Fsp3) is 0.812. The lowest BCUT2D eigenvalue weighted by Crippen LogP contribution is -2.51. The second-order valence-corrected chi connectivity index (χ2v) is 6.78. The van der Waals surface area contributed by atoms with Crippen molar-refractivity contribution in [2.75, 3.05) is 26.8 Å². The molecule has 0 unspecified atom stereocenters. The van der Waals surface area contributed by atoms with E-state index in [1.54, 1.807) is 32.6 Å². The lowest BCUT2D eigenvalue weighted by Gasteiger charge is -2.33. The average Bonchev–Trinajstić information content (AvgIpc) is 2.50. The predicted molar refractivity (Wildman–Crippen MR) is 86.4 cm³/mol. The molecule has 8 heteroatoms. The monoisotopic (exact) mass is 344 g/mol. The number of alkyl carbamates (subject to hydrolysis) is 1. The minimum absolute atomic E-state index is 0.0673. The summed E-state index contributed by atoms with van der Waals surface area (Å²) in [6, 6.07) is -0.660. The Bertz CT molecular complexity index is 452. The van der Waals surface area contributed by atoms with Crippen molar-refractivity contribution in [3.05, 3.63) is 0 Å². The van der Waals surface area contributed by atoms with Gasteiger partial charge in [-0.1, -0.05) is 0 Å². The van der Waals surface area contributed by atoms with E-state index in [9.17, 15) is 14.4 Å². The van der Waals surface area contributed by atoms with Crippen molar-refractivity contribution in [3.8, 4) is 0 Å². The van der Waals surface area contributed by atoms with Gasteiger partial charge in [0.05, 0.1) is 13.2 Å². The van der Waals surface area contributed by atoms with E-state index in [2.05, 4.69) is 10.1 Å². The third kappa shape index (κ3) is 7.16. The van der Waals surface area contributed by atoms with E-state index in [0.29, 0.717) is 25.9 Å². The molecule has 1 N–H and O–H groups in total. The molecule has 138 valence electrons. The second kappa shape index (κ2) is 8.86. The molecular weight excluding hydrogens is 316 g/mol. The Hall–Kier alpha value is -1.83. The molecule has 2 amide bonds. The third-order valence-corrected chi connectivity index (χ3v) is 3.52. The van der Waals surface area contributed by atoms with Gasteiger partial charge in [-0.3, -0.25) is 4.79 Å². The topological polar surface area (TPSA) is 94.2 Å². The van der Waals surface area contributed by atoms with Crippen LogP contribution in [0.2, 0.25) is 0 Å². The zero-order chi connectivity index (χ0) is 18.3. The van der Waals surface area contributed by atoms with Gasteiger partial charge in [-0.25, -0.2) is 9.59 Å². The minimum atomic E-state index is -0.660. The largest absolute Gasteiger partial charge is 0.467 e. The fourth-order valence-corrected chi connectivity index (χ4v) is 2.31. The Labute approximate surface area is 142 Å². The minimum Gasteiger partial charge on any atom is -0.467 e. The third-order valence-electron chi connectivity index (χ3n) is 3.52. The maximum atomic E-state index is 12.4. The quantitative estimate of drug-likeness (QED) is 0.750. The molecule has 0 aromatic carbocycles. The van der Waals surface area contributed by atoms with Gasteiger partial charge >= 0.3 is 12.1 Å². The van der Waals surface area contributed by atoms with Crippen LogP contribution in [0.15, 0.2) is 0 Å². The molecule has 0 aliphatic carbocycles. The van der Waals surface area contributed by atoms with Gasteiger partial charge in [0.25, 0.3) is 0 Å². The number of methoxy groups -OCH3 is 1. The zero-order valence-electron chi connectivity index (χ0n) is 15.1. The van der Waals surface area contributed by atoms with E-state index >= 15 is 0 Å². The number of nitrogens with one attached hydrogen (secondary N) is 1. The second-order valence-electron chi connectivity index (χ2n) is 6.78. The first-order chi connectivity index (χ1) is 11.1. The Morgan fingerprint density at radius 3 is 2.29 bits per heavy atom. The molecule has 0 radical (unpaired) electrons. The fourth-order valence-electron chi connectivity index (χ4n) is 2.31. The molecule has 1 rings (SSSR count). The zero-order valence-corrected chi connectivity index (χ0v) is 15.1. The van der Waals surface area contributed by atoms with Gasteiger partial charge in [0.1, 0.15) is 18.2 Å². The number of hydrogen-bond donors (Lipinski definition) is 1. The van der Waals surface area contributed by atoms with E-state index in [4.69, 9.17) is 9.47 Å². The van der Waals surface area contributed by atoms with Crippen LogP contribution in [0.1, 0.15) is 40.5 Å². The normalized spacial score (nSPS) is 17.1. The summed E-state index contributed by atoms with van der Waals surface area (Å²) >= 11 is 0. The predicted octanol–water partition coefficient (Wildman–Crippen LogP) is 1.08. The number of hydrogen-bond acceptors (Lipinski definition) is 6. The summed E-state index contributed by atoms with van der Waals surface area (Å²) < 4.78 is 15.1. The lowest BCUT2D eigenvalue weighted by molar-refractivity contribution is -0.150. The molecule has 1 heterocycles. The number of piperidine rings is 1. The van der Waals surface area contributed by atoms with Crippen molar-refractivity contribution in [3.63, 3.8) is 0 Å². The van der Waals surface area contributed by atoms with Crippen molar-refractivity contribution in [1.82, 2.24) is 10.2 Å². The Morgan fingerprint density at radius 2 is 1.79 bits per heavy atom. The summed E-state index contributed by atoms with van der Waals surface area (Å²) in [7, 11) is 1.31. The highest BCUT2D eigenvalue weighted by Crippen LogP contribution is 2.15. The van der Waals surface area contributed by atoms with Crippen LogP contribution in [0.3, 0.4) is 0 Å². The highest BCUT2D eigenvalue weighted by Gasteiger charge is 2.28. The van der Waals surface area contributed by atoms with Crippen molar-refractivity contribution in [2.45, 2.75) is 58.3 Å². The molecule has 0 aromatic rings. The molecule has 24 heavy (non-hydrogen) atoms. The number of likely N-dealkylation sites (tertiary alicyclic amines) is 1.